The molecule has 0 fully saturated rings. The maximum atomic E-state index is 12.5. The number of aromatic nitrogens is 4. The van der Waals surface area contributed by atoms with Crippen LogP contribution in [0.2, 0.25) is 0 Å². The first-order valence-electron chi connectivity index (χ1n) is 7.55. The van der Waals surface area contributed by atoms with E-state index in [1.165, 1.54) is 11.6 Å². The first-order chi connectivity index (χ1) is 9.91. The van der Waals surface area contributed by atoms with Crippen LogP contribution in [0.1, 0.15) is 41.5 Å². The highest BCUT2D eigenvalue weighted by atomic mass is 16.2. The second kappa shape index (κ2) is 5.11. The van der Waals surface area contributed by atoms with E-state index in [2.05, 4.69) is 46.5 Å². The van der Waals surface area contributed by atoms with E-state index >= 15 is 0 Å². The summed E-state index contributed by atoms with van der Waals surface area (Å²) in [7, 11) is 1.53. The molecule has 0 atom stereocenters. The number of hydrogen-bond donors (Lipinski definition) is 0. The minimum Gasteiger partial charge on any atom is -0.324 e. The highest BCUT2D eigenvalue weighted by Crippen LogP contribution is 2.20. The summed E-state index contributed by atoms with van der Waals surface area (Å²) in [5.41, 5.74) is 0.319. The number of rotatable bonds is 2. The van der Waals surface area contributed by atoms with E-state index in [4.69, 9.17) is 0 Å². The summed E-state index contributed by atoms with van der Waals surface area (Å²) in [4.78, 5) is 29.3. The molecule has 2 heterocycles. The molecule has 0 saturated heterocycles. The highest BCUT2D eigenvalue weighted by molar-refractivity contribution is 5.70. The van der Waals surface area contributed by atoms with Crippen molar-refractivity contribution in [3.05, 3.63) is 27.2 Å². The van der Waals surface area contributed by atoms with Crippen LogP contribution in [0.25, 0.3) is 11.2 Å². The summed E-state index contributed by atoms with van der Waals surface area (Å²) >= 11 is 0. The molecule has 6 nitrogen and oxygen atoms in total. The summed E-state index contributed by atoms with van der Waals surface area (Å²) in [6.07, 6.45) is 1.66. The molecule has 22 heavy (non-hydrogen) atoms. The second-order valence-electron chi connectivity index (χ2n) is 8.40. The van der Waals surface area contributed by atoms with Crippen molar-refractivity contribution < 1.29 is 0 Å². The lowest BCUT2D eigenvalue weighted by atomic mass is 9.96. The number of imidazole rings is 1. The molecular weight excluding hydrogens is 280 g/mol. The van der Waals surface area contributed by atoms with Gasteiger partial charge >= 0.3 is 5.69 Å². The van der Waals surface area contributed by atoms with E-state index in [1.54, 1.807) is 10.9 Å². The van der Waals surface area contributed by atoms with Gasteiger partial charge in [-0.25, -0.2) is 9.78 Å². The number of nitrogens with zero attached hydrogens (tertiary/aromatic N) is 4. The lowest BCUT2D eigenvalue weighted by Crippen LogP contribution is -2.40. The smallest absolute Gasteiger partial charge is 0.324 e. The van der Waals surface area contributed by atoms with Crippen LogP contribution in [0.15, 0.2) is 15.9 Å². The van der Waals surface area contributed by atoms with Gasteiger partial charge in [0.1, 0.15) is 0 Å². The van der Waals surface area contributed by atoms with Gasteiger partial charge in [-0.15, -0.1) is 0 Å². The Kier molecular flexibility index (Phi) is 3.83. The average molecular weight is 306 g/mol. The molecule has 2 aromatic heterocycles. The topological polar surface area (TPSA) is 61.8 Å². The van der Waals surface area contributed by atoms with Gasteiger partial charge in [-0.3, -0.25) is 13.9 Å². The standard InChI is InChI=1S/C16H26N4O2/c1-15(2,3)8-19-10-17-12-11(19)13(21)18(7)14(22)20(12)9-16(4,5)6/h10H,8-9H2,1-7H3. The fourth-order valence-electron chi connectivity index (χ4n) is 2.55. The predicted molar refractivity (Wildman–Crippen MR) is 88.1 cm³/mol. The fourth-order valence-corrected chi connectivity index (χ4v) is 2.55. The van der Waals surface area contributed by atoms with Gasteiger partial charge in [0, 0.05) is 20.1 Å². The highest BCUT2D eigenvalue weighted by Gasteiger charge is 2.22. The zero-order valence-corrected chi connectivity index (χ0v) is 14.6. The first-order valence-corrected chi connectivity index (χ1v) is 7.55. The Morgan fingerprint density at radius 3 is 2.05 bits per heavy atom. The van der Waals surface area contributed by atoms with Gasteiger partial charge < -0.3 is 4.57 Å². The lowest BCUT2D eigenvalue weighted by molar-refractivity contribution is 0.336. The summed E-state index contributed by atoms with van der Waals surface area (Å²) in [5, 5.41) is 0. The average Bonchev–Trinajstić information content (AvgIpc) is 2.72. The summed E-state index contributed by atoms with van der Waals surface area (Å²) < 4.78 is 4.64. The van der Waals surface area contributed by atoms with E-state index in [-0.39, 0.29) is 22.1 Å². The predicted octanol–water partition coefficient (Wildman–Crippen LogP) is 1.99. The zero-order chi connectivity index (χ0) is 16.9. The maximum absolute atomic E-state index is 12.5. The van der Waals surface area contributed by atoms with E-state index in [9.17, 15) is 9.59 Å². The Morgan fingerprint density at radius 2 is 1.55 bits per heavy atom. The van der Waals surface area contributed by atoms with Crippen LogP contribution in [0.4, 0.5) is 0 Å². The van der Waals surface area contributed by atoms with Crippen LogP contribution in [0.3, 0.4) is 0 Å². The van der Waals surface area contributed by atoms with E-state index < -0.39 is 0 Å². The van der Waals surface area contributed by atoms with Gasteiger partial charge in [-0.2, -0.15) is 0 Å². The van der Waals surface area contributed by atoms with E-state index in [0.29, 0.717) is 24.3 Å². The third-order valence-electron chi connectivity index (χ3n) is 3.38. The van der Waals surface area contributed by atoms with E-state index in [0.717, 1.165) is 0 Å². The van der Waals surface area contributed by atoms with Crippen LogP contribution in [-0.4, -0.2) is 18.7 Å². The third-order valence-corrected chi connectivity index (χ3v) is 3.38. The van der Waals surface area contributed by atoms with Crippen molar-refractivity contribution in [1.82, 2.24) is 18.7 Å². The minimum absolute atomic E-state index is 0.0175. The lowest BCUT2D eigenvalue weighted by Gasteiger charge is -2.21. The molecule has 0 amide bonds. The van der Waals surface area contributed by atoms with Crippen molar-refractivity contribution in [2.75, 3.05) is 0 Å². The van der Waals surface area contributed by atoms with Gasteiger partial charge in [-0.1, -0.05) is 41.5 Å². The Hall–Kier alpha value is -1.85. The van der Waals surface area contributed by atoms with Gasteiger partial charge in [0.15, 0.2) is 11.2 Å². The van der Waals surface area contributed by atoms with E-state index in [1.807, 2.05) is 4.57 Å². The molecule has 2 rings (SSSR count). The third kappa shape index (κ3) is 3.15. The van der Waals surface area contributed by atoms with Crippen molar-refractivity contribution in [2.45, 2.75) is 54.6 Å². The van der Waals surface area contributed by atoms with Crippen molar-refractivity contribution in [3.63, 3.8) is 0 Å². The second-order valence-corrected chi connectivity index (χ2v) is 8.40. The molecule has 0 unspecified atom stereocenters. The SMILES string of the molecule is Cn1c(=O)c2c(ncn2CC(C)(C)C)n(CC(C)(C)C)c1=O. The van der Waals surface area contributed by atoms with Crippen molar-refractivity contribution in [2.24, 2.45) is 17.9 Å². The molecule has 0 bridgehead atoms. The quantitative estimate of drug-likeness (QED) is 0.852. The molecule has 0 aliphatic rings. The first kappa shape index (κ1) is 16.5. The molecular formula is C16H26N4O2. The van der Waals surface area contributed by atoms with Crippen LogP contribution < -0.4 is 11.2 Å². The molecule has 0 aliphatic heterocycles. The summed E-state index contributed by atoms with van der Waals surface area (Å²) in [6, 6.07) is 0. The molecule has 6 heteroatoms. The molecule has 0 saturated carbocycles. The van der Waals surface area contributed by atoms with Crippen molar-refractivity contribution in [3.8, 4) is 0 Å². The summed E-state index contributed by atoms with van der Waals surface area (Å²) in [6.45, 7) is 13.7. The molecule has 0 aromatic carbocycles. The Morgan fingerprint density at radius 1 is 1.00 bits per heavy atom. The molecule has 0 aliphatic carbocycles. The van der Waals surface area contributed by atoms with Crippen LogP contribution in [0, 0.1) is 10.8 Å². The van der Waals surface area contributed by atoms with Crippen molar-refractivity contribution in [1.29, 1.82) is 0 Å². The van der Waals surface area contributed by atoms with Gasteiger partial charge in [-0.05, 0) is 10.8 Å². The maximum Gasteiger partial charge on any atom is 0.332 e. The number of hydrogen-bond acceptors (Lipinski definition) is 3. The Labute approximate surface area is 130 Å². The molecule has 0 N–H and O–H groups in total. The zero-order valence-electron chi connectivity index (χ0n) is 14.6. The number of fused-ring (bicyclic) bond motifs is 1. The van der Waals surface area contributed by atoms with Crippen LogP contribution in [-0.2, 0) is 20.1 Å². The van der Waals surface area contributed by atoms with Crippen LogP contribution >= 0.6 is 0 Å². The largest absolute Gasteiger partial charge is 0.332 e. The van der Waals surface area contributed by atoms with Gasteiger partial charge in [0.25, 0.3) is 5.56 Å². The van der Waals surface area contributed by atoms with Gasteiger partial charge in [0.05, 0.1) is 6.33 Å². The van der Waals surface area contributed by atoms with Gasteiger partial charge in [0.2, 0.25) is 0 Å². The molecule has 0 radical (unpaired) electrons. The Bertz CT molecular complexity index is 810. The molecule has 0 spiro atoms. The molecule has 122 valence electrons. The Balaban J connectivity index is 2.78. The summed E-state index contributed by atoms with van der Waals surface area (Å²) in [5.74, 6) is 0. The normalized spacial score (nSPS) is 13.0. The minimum atomic E-state index is -0.312. The van der Waals surface area contributed by atoms with Crippen molar-refractivity contribution >= 4 is 11.2 Å². The fraction of sp³-hybridized carbons (Fsp3) is 0.688. The van der Waals surface area contributed by atoms with Crippen LogP contribution in [0.5, 0.6) is 0 Å². The molecule has 2 aromatic rings. The monoisotopic (exact) mass is 306 g/mol.